The molecule has 0 spiro atoms. The SMILES string of the molecule is CCc1cnc(CNC(=NC)NCCCc2nc3ccccc3[nH]2)s1. The van der Waals surface area contributed by atoms with E-state index in [0.29, 0.717) is 6.54 Å². The highest BCUT2D eigenvalue weighted by Gasteiger charge is 2.04. The molecule has 1 aromatic carbocycles. The van der Waals surface area contributed by atoms with Crippen molar-refractivity contribution in [2.75, 3.05) is 13.6 Å². The fourth-order valence-corrected chi connectivity index (χ4v) is 3.36. The Morgan fingerprint density at radius 3 is 2.92 bits per heavy atom. The van der Waals surface area contributed by atoms with E-state index in [0.717, 1.165) is 53.6 Å². The average molecular weight is 356 g/mol. The van der Waals surface area contributed by atoms with Gasteiger partial charge in [-0.15, -0.1) is 11.3 Å². The van der Waals surface area contributed by atoms with Crippen LogP contribution in [0.15, 0.2) is 35.5 Å². The molecular formula is C18H24N6S. The van der Waals surface area contributed by atoms with E-state index in [2.05, 4.69) is 43.6 Å². The molecule has 0 amide bonds. The first kappa shape index (κ1) is 17.4. The first-order valence-corrected chi connectivity index (χ1v) is 9.42. The maximum atomic E-state index is 4.60. The molecule has 3 N–H and O–H groups in total. The molecule has 0 aliphatic heterocycles. The summed E-state index contributed by atoms with van der Waals surface area (Å²) in [7, 11) is 1.79. The van der Waals surface area contributed by atoms with Crippen LogP contribution in [0.2, 0.25) is 0 Å². The summed E-state index contributed by atoms with van der Waals surface area (Å²) < 4.78 is 0. The number of rotatable bonds is 7. The van der Waals surface area contributed by atoms with Gasteiger partial charge in [-0.05, 0) is 25.0 Å². The van der Waals surface area contributed by atoms with Crippen LogP contribution in [0.5, 0.6) is 0 Å². The van der Waals surface area contributed by atoms with Gasteiger partial charge in [-0.25, -0.2) is 9.97 Å². The Morgan fingerprint density at radius 1 is 1.28 bits per heavy atom. The van der Waals surface area contributed by atoms with E-state index < -0.39 is 0 Å². The van der Waals surface area contributed by atoms with Gasteiger partial charge in [0.05, 0.1) is 17.6 Å². The minimum Gasteiger partial charge on any atom is -0.356 e. The summed E-state index contributed by atoms with van der Waals surface area (Å²) in [5, 5.41) is 7.73. The Morgan fingerprint density at radius 2 is 2.16 bits per heavy atom. The van der Waals surface area contributed by atoms with Gasteiger partial charge < -0.3 is 15.6 Å². The van der Waals surface area contributed by atoms with Crippen LogP contribution in [0.25, 0.3) is 11.0 Å². The van der Waals surface area contributed by atoms with Gasteiger partial charge in [-0.1, -0.05) is 19.1 Å². The van der Waals surface area contributed by atoms with Crippen molar-refractivity contribution in [1.82, 2.24) is 25.6 Å². The number of aliphatic imine (C=N–C) groups is 1. The molecule has 0 bridgehead atoms. The Labute approximate surface area is 151 Å². The van der Waals surface area contributed by atoms with Crippen molar-refractivity contribution >= 4 is 28.3 Å². The van der Waals surface area contributed by atoms with Crippen molar-refractivity contribution in [3.8, 4) is 0 Å². The number of hydrogen-bond acceptors (Lipinski definition) is 4. The van der Waals surface area contributed by atoms with Crippen LogP contribution >= 0.6 is 11.3 Å². The molecular weight excluding hydrogens is 332 g/mol. The number of hydrogen-bond donors (Lipinski definition) is 3. The van der Waals surface area contributed by atoms with Crippen molar-refractivity contribution in [2.45, 2.75) is 32.7 Å². The van der Waals surface area contributed by atoms with Crippen molar-refractivity contribution in [3.63, 3.8) is 0 Å². The van der Waals surface area contributed by atoms with E-state index >= 15 is 0 Å². The molecule has 0 atom stereocenters. The van der Waals surface area contributed by atoms with Crippen LogP contribution in [0.1, 0.15) is 29.1 Å². The molecule has 2 heterocycles. The number of imidazole rings is 1. The van der Waals surface area contributed by atoms with Gasteiger partial charge >= 0.3 is 0 Å². The van der Waals surface area contributed by atoms with Gasteiger partial charge in [0.2, 0.25) is 0 Å². The van der Waals surface area contributed by atoms with Crippen LogP contribution in [0, 0.1) is 0 Å². The van der Waals surface area contributed by atoms with Crippen molar-refractivity contribution in [2.24, 2.45) is 4.99 Å². The third kappa shape index (κ3) is 4.79. The van der Waals surface area contributed by atoms with Crippen LogP contribution in [0.4, 0.5) is 0 Å². The molecule has 0 saturated heterocycles. The molecule has 0 radical (unpaired) electrons. The van der Waals surface area contributed by atoms with Crippen LogP contribution in [-0.4, -0.2) is 34.5 Å². The molecule has 2 aromatic heterocycles. The standard InChI is InChI=1S/C18H24N6S/c1-3-13-11-21-17(25-13)12-22-18(19-2)20-10-6-9-16-23-14-7-4-5-8-15(14)24-16/h4-5,7-8,11H,3,6,9-10,12H2,1-2H3,(H,23,24)(H2,19,20,22). The summed E-state index contributed by atoms with van der Waals surface area (Å²) in [6, 6.07) is 8.11. The monoisotopic (exact) mass is 356 g/mol. The summed E-state index contributed by atoms with van der Waals surface area (Å²) in [4.78, 5) is 17.9. The highest BCUT2D eigenvalue weighted by atomic mass is 32.1. The number of nitrogens with zero attached hydrogens (tertiary/aromatic N) is 3. The molecule has 3 rings (SSSR count). The first-order valence-electron chi connectivity index (χ1n) is 8.60. The predicted octanol–water partition coefficient (Wildman–Crippen LogP) is 2.88. The fraction of sp³-hybridized carbons (Fsp3) is 0.389. The number of nitrogens with one attached hydrogen (secondary N) is 3. The van der Waals surface area contributed by atoms with E-state index in [1.807, 2.05) is 24.4 Å². The zero-order chi connectivity index (χ0) is 17.5. The maximum absolute atomic E-state index is 4.60. The Bertz CT molecular complexity index is 802. The summed E-state index contributed by atoms with van der Waals surface area (Å²) in [5.74, 6) is 1.83. The minimum atomic E-state index is 0.702. The number of para-hydroxylation sites is 2. The third-order valence-electron chi connectivity index (χ3n) is 3.90. The molecule has 6 nitrogen and oxygen atoms in total. The number of aromatic amines is 1. The van der Waals surface area contributed by atoms with Crippen molar-refractivity contribution < 1.29 is 0 Å². The van der Waals surface area contributed by atoms with E-state index in [9.17, 15) is 0 Å². The summed E-state index contributed by atoms with van der Waals surface area (Å²) in [6.07, 6.45) is 4.88. The zero-order valence-corrected chi connectivity index (χ0v) is 15.5. The molecule has 0 unspecified atom stereocenters. The lowest BCUT2D eigenvalue weighted by Gasteiger charge is -2.10. The largest absolute Gasteiger partial charge is 0.356 e. The summed E-state index contributed by atoms with van der Waals surface area (Å²) in [5.41, 5.74) is 2.12. The molecule has 3 aromatic rings. The van der Waals surface area contributed by atoms with Gasteiger partial charge in [-0.3, -0.25) is 4.99 Å². The molecule has 7 heteroatoms. The van der Waals surface area contributed by atoms with E-state index in [-0.39, 0.29) is 0 Å². The number of aryl methyl sites for hydroxylation is 2. The van der Waals surface area contributed by atoms with Gasteiger partial charge in [0.25, 0.3) is 0 Å². The van der Waals surface area contributed by atoms with Crippen LogP contribution < -0.4 is 10.6 Å². The number of benzene rings is 1. The zero-order valence-electron chi connectivity index (χ0n) is 14.7. The van der Waals surface area contributed by atoms with Gasteiger partial charge in [-0.2, -0.15) is 0 Å². The lowest BCUT2D eigenvalue weighted by molar-refractivity contribution is 0.725. The number of aromatic nitrogens is 3. The third-order valence-corrected chi connectivity index (χ3v) is 5.04. The molecule has 0 saturated carbocycles. The lowest BCUT2D eigenvalue weighted by Crippen LogP contribution is -2.37. The minimum absolute atomic E-state index is 0.702. The van der Waals surface area contributed by atoms with Crippen molar-refractivity contribution in [1.29, 1.82) is 0 Å². The van der Waals surface area contributed by atoms with Crippen molar-refractivity contribution in [3.05, 3.63) is 46.2 Å². The number of H-pyrrole nitrogens is 1. The van der Waals surface area contributed by atoms with Gasteiger partial charge in [0.15, 0.2) is 5.96 Å². The Kier molecular flexibility index (Phi) is 6.00. The molecule has 0 aliphatic carbocycles. The highest BCUT2D eigenvalue weighted by molar-refractivity contribution is 7.11. The van der Waals surface area contributed by atoms with Crippen LogP contribution in [0.3, 0.4) is 0 Å². The quantitative estimate of drug-likeness (QED) is 0.346. The number of guanidine groups is 1. The molecule has 25 heavy (non-hydrogen) atoms. The second-order valence-corrected chi connectivity index (χ2v) is 6.93. The molecule has 0 fully saturated rings. The Balaban J connectivity index is 1.40. The first-order chi connectivity index (χ1) is 12.3. The van der Waals surface area contributed by atoms with E-state index in [1.54, 1.807) is 18.4 Å². The van der Waals surface area contributed by atoms with Gasteiger partial charge in [0.1, 0.15) is 10.8 Å². The average Bonchev–Trinajstić information content (AvgIpc) is 3.27. The van der Waals surface area contributed by atoms with Gasteiger partial charge in [0, 0.05) is 31.1 Å². The predicted molar refractivity (Wildman–Crippen MR) is 104 cm³/mol. The topological polar surface area (TPSA) is 78.0 Å². The normalized spacial score (nSPS) is 11.8. The second-order valence-electron chi connectivity index (χ2n) is 5.73. The Hall–Kier alpha value is -2.41. The maximum Gasteiger partial charge on any atom is 0.191 e. The fourth-order valence-electron chi connectivity index (χ4n) is 2.56. The summed E-state index contributed by atoms with van der Waals surface area (Å²) in [6.45, 7) is 3.69. The number of thiazole rings is 1. The van der Waals surface area contributed by atoms with E-state index in [1.165, 1.54) is 4.88 Å². The van der Waals surface area contributed by atoms with E-state index in [4.69, 9.17) is 0 Å². The smallest absolute Gasteiger partial charge is 0.191 e. The molecule has 0 aliphatic rings. The number of fused-ring (bicyclic) bond motifs is 1. The summed E-state index contributed by atoms with van der Waals surface area (Å²) >= 11 is 1.74. The molecule has 132 valence electrons. The lowest BCUT2D eigenvalue weighted by atomic mass is 10.3. The van der Waals surface area contributed by atoms with Crippen LogP contribution in [-0.2, 0) is 19.4 Å². The highest BCUT2D eigenvalue weighted by Crippen LogP contribution is 2.13. The second kappa shape index (κ2) is 8.62.